The number of methoxy groups -OCH3 is 1. The zero-order valence-electron chi connectivity index (χ0n) is 10.6. The van der Waals surface area contributed by atoms with Crippen LogP contribution in [0.1, 0.15) is 33.1 Å². The molecule has 2 saturated carbocycles. The highest BCUT2D eigenvalue weighted by atomic mass is 16.5. The quantitative estimate of drug-likeness (QED) is 0.739. The first-order chi connectivity index (χ1) is 7.63. The summed E-state index contributed by atoms with van der Waals surface area (Å²) in [5.74, 6) is 1.79. The molecule has 2 fully saturated rings. The van der Waals surface area contributed by atoms with Gasteiger partial charge in [-0.25, -0.2) is 0 Å². The number of hydrogen-bond donors (Lipinski definition) is 1. The summed E-state index contributed by atoms with van der Waals surface area (Å²) >= 11 is 0. The summed E-state index contributed by atoms with van der Waals surface area (Å²) in [5, 5.41) is 3.85. The number of allylic oxidation sites excluding steroid dienone is 1. The van der Waals surface area contributed by atoms with Gasteiger partial charge in [-0.2, -0.15) is 0 Å². The highest BCUT2D eigenvalue weighted by molar-refractivity contribution is 5.15. The second kappa shape index (κ2) is 3.58. The third-order valence-corrected chi connectivity index (χ3v) is 5.24. The Labute approximate surface area is 98.4 Å². The molecule has 2 nitrogen and oxygen atoms in total. The highest BCUT2D eigenvalue weighted by Gasteiger charge is 2.51. The van der Waals surface area contributed by atoms with Gasteiger partial charge in [0.2, 0.25) is 0 Å². The van der Waals surface area contributed by atoms with Gasteiger partial charge >= 0.3 is 0 Å². The standard InChI is InChI=1S/C14H23NO/c1-14(2)12(8-13(14)16-3)15-11-7-9-5-4-6-10(9)11/h4,6,9-13,15H,5,7-8H2,1-3H3. The van der Waals surface area contributed by atoms with Gasteiger partial charge in [0.15, 0.2) is 0 Å². The molecule has 0 heterocycles. The van der Waals surface area contributed by atoms with E-state index in [0.29, 0.717) is 17.6 Å². The van der Waals surface area contributed by atoms with Crippen LogP contribution >= 0.6 is 0 Å². The van der Waals surface area contributed by atoms with E-state index in [-0.39, 0.29) is 0 Å². The first-order valence-electron chi connectivity index (χ1n) is 6.58. The number of rotatable bonds is 3. The van der Waals surface area contributed by atoms with Gasteiger partial charge in [0.25, 0.3) is 0 Å². The predicted octanol–water partition coefficient (Wildman–Crippen LogP) is 2.35. The van der Waals surface area contributed by atoms with Gasteiger partial charge in [-0.05, 0) is 31.1 Å². The summed E-state index contributed by atoms with van der Waals surface area (Å²) in [4.78, 5) is 0. The van der Waals surface area contributed by atoms with Crippen molar-refractivity contribution in [3.05, 3.63) is 12.2 Å². The highest BCUT2D eigenvalue weighted by Crippen LogP contribution is 2.47. The Kier molecular flexibility index (Phi) is 2.41. The molecule has 3 rings (SSSR count). The SMILES string of the molecule is COC1CC(NC2CC3CC=CC32)C1(C)C. The molecule has 0 aromatic heterocycles. The summed E-state index contributed by atoms with van der Waals surface area (Å²) in [6, 6.07) is 1.39. The second-order valence-corrected chi connectivity index (χ2v) is 6.34. The van der Waals surface area contributed by atoms with Crippen LogP contribution in [0.4, 0.5) is 0 Å². The van der Waals surface area contributed by atoms with Crippen LogP contribution in [-0.2, 0) is 4.74 Å². The molecule has 3 aliphatic carbocycles. The lowest BCUT2D eigenvalue weighted by molar-refractivity contribution is -0.106. The van der Waals surface area contributed by atoms with Gasteiger partial charge in [-0.1, -0.05) is 26.0 Å². The Bertz CT molecular complexity index is 310. The van der Waals surface area contributed by atoms with Crippen LogP contribution in [0.15, 0.2) is 12.2 Å². The average molecular weight is 221 g/mol. The molecule has 0 saturated heterocycles. The third kappa shape index (κ3) is 1.39. The van der Waals surface area contributed by atoms with E-state index < -0.39 is 0 Å². The van der Waals surface area contributed by atoms with Crippen LogP contribution in [0, 0.1) is 17.3 Å². The van der Waals surface area contributed by atoms with Crippen LogP contribution in [-0.4, -0.2) is 25.3 Å². The molecule has 5 atom stereocenters. The molecule has 0 bridgehead atoms. The lowest BCUT2D eigenvalue weighted by atomic mass is 9.62. The van der Waals surface area contributed by atoms with Gasteiger partial charge in [0.05, 0.1) is 6.10 Å². The van der Waals surface area contributed by atoms with Crippen molar-refractivity contribution in [1.29, 1.82) is 0 Å². The van der Waals surface area contributed by atoms with Crippen LogP contribution in [0.2, 0.25) is 0 Å². The van der Waals surface area contributed by atoms with Crippen LogP contribution in [0.5, 0.6) is 0 Å². The normalized spacial score (nSPS) is 48.3. The monoisotopic (exact) mass is 221 g/mol. The molecule has 0 spiro atoms. The molecule has 90 valence electrons. The molecule has 16 heavy (non-hydrogen) atoms. The predicted molar refractivity (Wildman–Crippen MR) is 65.3 cm³/mol. The van der Waals surface area contributed by atoms with Gasteiger partial charge in [-0.3, -0.25) is 0 Å². The van der Waals surface area contributed by atoms with E-state index in [0.717, 1.165) is 17.9 Å². The first-order valence-corrected chi connectivity index (χ1v) is 6.58. The van der Waals surface area contributed by atoms with Crippen LogP contribution in [0.25, 0.3) is 0 Å². The lowest BCUT2D eigenvalue weighted by Crippen LogP contribution is -2.65. The average Bonchev–Trinajstić information content (AvgIpc) is 2.59. The van der Waals surface area contributed by atoms with E-state index >= 15 is 0 Å². The largest absolute Gasteiger partial charge is 0.381 e. The molecule has 0 aromatic carbocycles. The molecule has 0 radical (unpaired) electrons. The zero-order valence-corrected chi connectivity index (χ0v) is 10.6. The molecule has 0 aliphatic heterocycles. The maximum atomic E-state index is 5.50. The molecule has 0 amide bonds. The van der Waals surface area contributed by atoms with E-state index in [1.54, 1.807) is 0 Å². The maximum Gasteiger partial charge on any atom is 0.0652 e. The minimum Gasteiger partial charge on any atom is -0.381 e. The Hall–Kier alpha value is -0.340. The maximum absolute atomic E-state index is 5.50. The fourth-order valence-electron chi connectivity index (χ4n) is 3.73. The van der Waals surface area contributed by atoms with Crippen molar-refractivity contribution in [3.8, 4) is 0 Å². The Morgan fingerprint density at radius 1 is 1.31 bits per heavy atom. The minimum atomic E-state index is 0.308. The van der Waals surface area contributed by atoms with Crippen molar-refractivity contribution in [1.82, 2.24) is 5.32 Å². The molecular weight excluding hydrogens is 198 g/mol. The molecule has 5 unspecified atom stereocenters. The fourth-order valence-corrected chi connectivity index (χ4v) is 3.73. The minimum absolute atomic E-state index is 0.308. The van der Waals surface area contributed by atoms with Crippen LogP contribution in [0.3, 0.4) is 0 Å². The van der Waals surface area contributed by atoms with Gasteiger partial charge in [-0.15, -0.1) is 0 Å². The summed E-state index contributed by atoms with van der Waals surface area (Å²) in [6.45, 7) is 4.64. The second-order valence-electron chi connectivity index (χ2n) is 6.34. The van der Waals surface area contributed by atoms with E-state index in [9.17, 15) is 0 Å². The summed E-state index contributed by atoms with van der Waals surface area (Å²) in [6.07, 6.45) is 9.10. The van der Waals surface area contributed by atoms with Gasteiger partial charge in [0.1, 0.15) is 0 Å². The van der Waals surface area contributed by atoms with E-state index in [1.165, 1.54) is 19.3 Å². The number of hydrogen-bond acceptors (Lipinski definition) is 2. The Morgan fingerprint density at radius 3 is 2.75 bits per heavy atom. The summed E-state index contributed by atoms with van der Waals surface area (Å²) in [5.41, 5.74) is 0.308. The Morgan fingerprint density at radius 2 is 2.12 bits per heavy atom. The van der Waals surface area contributed by atoms with Crippen molar-refractivity contribution < 1.29 is 4.74 Å². The van der Waals surface area contributed by atoms with E-state index in [2.05, 4.69) is 31.3 Å². The molecule has 1 N–H and O–H groups in total. The molecule has 0 aromatic rings. The smallest absolute Gasteiger partial charge is 0.0652 e. The lowest BCUT2D eigenvalue weighted by Gasteiger charge is -2.55. The molecule has 3 aliphatic rings. The van der Waals surface area contributed by atoms with E-state index in [1.807, 2.05) is 7.11 Å². The summed E-state index contributed by atoms with van der Waals surface area (Å²) in [7, 11) is 1.84. The van der Waals surface area contributed by atoms with Gasteiger partial charge < -0.3 is 10.1 Å². The van der Waals surface area contributed by atoms with E-state index in [4.69, 9.17) is 4.74 Å². The number of fused-ring (bicyclic) bond motifs is 1. The van der Waals surface area contributed by atoms with Crippen LogP contribution < -0.4 is 5.32 Å². The fraction of sp³-hybridized carbons (Fsp3) is 0.857. The number of nitrogens with one attached hydrogen (secondary N) is 1. The van der Waals surface area contributed by atoms with Crippen molar-refractivity contribution in [2.75, 3.05) is 7.11 Å². The van der Waals surface area contributed by atoms with Crippen molar-refractivity contribution in [3.63, 3.8) is 0 Å². The van der Waals surface area contributed by atoms with Gasteiger partial charge in [0, 0.05) is 24.6 Å². The van der Waals surface area contributed by atoms with Crippen molar-refractivity contribution in [2.24, 2.45) is 17.3 Å². The Balaban J connectivity index is 1.55. The first kappa shape index (κ1) is 10.8. The molecule has 2 heteroatoms. The summed E-state index contributed by atoms with van der Waals surface area (Å²) < 4.78 is 5.50. The number of ether oxygens (including phenoxy) is 1. The third-order valence-electron chi connectivity index (χ3n) is 5.24. The molecular formula is C14H23NO. The topological polar surface area (TPSA) is 21.3 Å². The van der Waals surface area contributed by atoms with Crippen molar-refractivity contribution in [2.45, 2.75) is 51.3 Å². The van der Waals surface area contributed by atoms with Crippen molar-refractivity contribution >= 4 is 0 Å². The zero-order chi connectivity index (χ0) is 11.3.